The summed E-state index contributed by atoms with van der Waals surface area (Å²) in [6.45, 7) is 0.853. The maximum absolute atomic E-state index is 5.29. The van der Waals surface area contributed by atoms with Gasteiger partial charge < -0.3 is 10.6 Å². The smallest absolute Gasteiger partial charge is 0.170 e. The second-order valence-electron chi connectivity index (χ2n) is 4.97. The van der Waals surface area contributed by atoms with E-state index in [2.05, 4.69) is 26.1 Å². The molecule has 118 valence electrons. The summed E-state index contributed by atoms with van der Waals surface area (Å²) < 4.78 is 2.11. The zero-order valence-electron chi connectivity index (χ0n) is 12.6. The van der Waals surface area contributed by atoms with E-state index in [9.17, 15) is 0 Å². The molecule has 0 atom stereocenters. The fraction of sp³-hybridized carbons (Fsp3) is 0.176. The predicted molar refractivity (Wildman–Crippen MR) is 101 cm³/mol. The number of benzene rings is 1. The van der Waals surface area contributed by atoms with Crippen LogP contribution in [0.15, 0.2) is 66.0 Å². The fourth-order valence-corrected chi connectivity index (χ4v) is 3.37. The third kappa shape index (κ3) is 4.46. The molecule has 23 heavy (non-hydrogen) atoms. The lowest BCUT2D eigenvalue weighted by Crippen LogP contribution is -2.29. The fourth-order valence-electron chi connectivity index (χ4n) is 2.19. The largest absolute Gasteiger partial charge is 0.362 e. The third-order valence-electron chi connectivity index (χ3n) is 3.28. The molecule has 0 unspecified atom stereocenters. The Kier molecular flexibility index (Phi) is 5.50. The molecule has 0 bridgehead atoms. The van der Waals surface area contributed by atoms with Crippen LogP contribution in [-0.4, -0.2) is 26.8 Å². The molecule has 6 heteroatoms. The Balaban J connectivity index is 1.39. The summed E-state index contributed by atoms with van der Waals surface area (Å²) in [6, 6.07) is 16.1. The predicted octanol–water partition coefficient (Wildman–Crippen LogP) is 3.80. The van der Waals surface area contributed by atoms with Gasteiger partial charge in [0.05, 0.1) is 5.03 Å². The summed E-state index contributed by atoms with van der Waals surface area (Å²) in [6.07, 6.45) is 4.86. The molecule has 2 N–H and O–H groups in total. The Morgan fingerprint density at radius 2 is 2.00 bits per heavy atom. The van der Waals surface area contributed by atoms with Gasteiger partial charge in [-0.3, -0.25) is 4.40 Å². The van der Waals surface area contributed by atoms with Crippen LogP contribution < -0.4 is 10.6 Å². The highest BCUT2D eigenvalue weighted by Crippen LogP contribution is 2.19. The molecule has 0 saturated heterocycles. The number of fused-ring (bicyclic) bond motifs is 1. The Labute approximate surface area is 145 Å². The molecule has 0 saturated carbocycles. The van der Waals surface area contributed by atoms with Crippen LogP contribution >= 0.6 is 24.0 Å². The van der Waals surface area contributed by atoms with E-state index in [4.69, 9.17) is 12.2 Å². The lowest BCUT2D eigenvalue weighted by Gasteiger charge is -2.10. The topological polar surface area (TPSA) is 41.4 Å². The van der Waals surface area contributed by atoms with Crippen molar-refractivity contribution in [3.05, 3.63) is 60.9 Å². The van der Waals surface area contributed by atoms with Gasteiger partial charge in [-0.05, 0) is 42.9 Å². The maximum Gasteiger partial charge on any atom is 0.170 e. The van der Waals surface area contributed by atoms with E-state index in [-0.39, 0.29) is 0 Å². The average Bonchev–Trinajstić information content (AvgIpc) is 3.05. The van der Waals surface area contributed by atoms with Crippen LogP contribution in [0, 0.1) is 0 Å². The number of para-hydroxylation sites is 1. The molecular weight excluding hydrogens is 324 g/mol. The molecule has 2 aromatic heterocycles. The number of nitrogens with zero attached hydrogens (tertiary/aromatic N) is 2. The van der Waals surface area contributed by atoms with Crippen LogP contribution in [0.3, 0.4) is 0 Å². The Morgan fingerprint density at radius 1 is 1.13 bits per heavy atom. The van der Waals surface area contributed by atoms with Crippen LogP contribution in [0.5, 0.6) is 0 Å². The van der Waals surface area contributed by atoms with Gasteiger partial charge in [0.1, 0.15) is 5.65 Å². The number of thioether (sulfide) groups is 1. The highest BCUT2D eigenvalue weighted by Gasteiger charge is 2.01. The zero-order chi connectivity index (χ0) is 15.9. The first kappa shape index (κ1) is 15.8. The molecule has 0 aliphatic heterocycles. The van der Waals surface area contributed by atoms with Crippen molar-refractivity contribution in [2.24, 2.45) is 0 Å². The van der Waals surface area contributed by atoms with Gasteiger partial charge in [0.25, 0.3) is 0 Å². The van der Waals surface area contributed by atoms with Gasteiger partial charge in [-0.1, -0.05) is 24.3 Å². The number of aromatic nitrogens is 2. The van der Waals surface area contributed by atoms with Gasteiger partial charge in [-0.15, -0.1) is 11.8 Å². The summed E-state index contributed by atoms with van der Waals surface area (Å²) in [5, 5.41) is 8.29. The molecule has 0 fully saturated rings. The minimum absolute atomic E-state index is 0.665. The van der Waals surface area contributed by atoms with Crippen molar-refractivity contribution >= 4 is 40.4 Å². The standard InChI is InChI=1S/C17H18N4S2/c22-17(20-14-6-2-1-3-7-14)19-10-5-13-23-16-9-4-8-15-18-11-12-21(15)16/h1-4,6-9,11-12H,5,10,13H2,(H2,19,20,22). The second kappa shape index (κ2) is 7.99. The molecule has 2 heterocycles. The van der Waals surface area contributed by atoms with Crippen LogP contribution in [0.4, 0.5) is 5.69 Å². The summed E-state index contributed by atoms with van der Waals surface area (Å²) >= 11 is 7.12. The normalized spacial score (nSPS) is 10.6. The molecule has 3 aromatic rings. The van der Waals surface area contributed by atoms with Gasteiger partial charge in [-0.25, -0.2) is 4.98 Å². The van der Waals surface area contributed by atoms with Crippen LogP contribution in [-0.2, 0) is 0 Å². The quantitative estimate of drug-likeness (QED) is 0.405. The van der Waals surface area contributed by atoms with Crippen molar-refractivity contribution in [2.75, 3.05) is 17.6 Å². The molecule has 0 aliphatic carbocycles. The van der Waals surface area contributed by atoms with E-state index in [1.807, 2.05) is 66.6 Å². The number of hydrogen-bond donors (Lipinski definition) is 2. The van der Waals surface area contributed by atoms with Crippen molar-refractivity contribution in [2.45, 2.75) is 11.4 Å². The third-order valence-corrected chi connectivity index (χ3v) is 4.65. The molecule has 4 nitrogen and oxygen atoms in total. The number of thiocarbonyl (C=S) groups is 1. The van der Waals surface area contributed by atoms with Crippen LogP contribution in [0.1, 0.15) is 6.42 Å². The van der Waals surface area contributed by atoms with E-state index < -0.39 is 0 Å². The van der Waals surface area contributed by atoms with E-state index >= 15 is 0 Å². The van der Waals surface area contributed by atoms with E-state index in [0.717, 1.165) is 30.1 Å². The highest BCUT2D eigenvalue weighted by atomic mass is 32.2. The Bertz CT molecular complexity index is 770. The van der Waals surface area contributed by atoms with E-state index in [0.29, 0.717) is 5.11 Å². The Hall–Kier alpha value is -2.05. The maximum atomic E-state index is 5.29. The van der Waals surface area contributed by atoms with Gasteiger partial charge in [0.2, 0.25) is 0 Å². The molecule has 0 spiro atoms. The van der Waals surface area contributed by atoms with Crippen molar-refractivity contribution in [3.63, 3.8) is 0 Å². The number of nitrogens with one attached hydrogen (secondary N) is 2. The first-order chi connectivity index (χ1) is 11.3. The molecule has 3 rings (SSSR count). The van der Waals surface area contributed by atoms with E-state index in [1.54, 1.807) is 0 Å². The molecule has 0 aliphatic rings. The first-order valence-electron chi connectivity index (χ1n) is 7.48. The minimum atomic E-state index is 0.665. The number of hydrogen-bond acceptors (Lipinski definition) is 3. The summed E-state index contributed by atoms with van der Waals surface area (Å²) in [4.78, 5) is 4.30. The number of rotatable bonds is 6. The number of anilines is 1. The SMILES string of the molecule is S=C(NCCCSc1cccc2nccn12)Nc1ccccc1. The first-order valence-corrected chi connectivity index (χ1v) is 8.87. The summed E-state index contributed by atoms with van der Waals surface area (Å²) in [7, 11) is 0. The highest BCUT2D eigenvalue weighted by molar-refractivity contribution is 7.99. The molecule has 0 amide bonds. The zero-order valence-corrected chi connectivity index (χ0v) is 14.2. The summed E-state index contributed by atoms with van der Waals surface area (Å²) in [5.74, 6) is 1.03. The lowest BCUT2D eigenvalue weighted by molar-refractivity contribution is 0.852. The van der Waals surface area contributed by atoms with Crippen molar-refractivity contribution < 1.29 is 0 Å². The molecular formula is C17H18N4S2. The molecule has 1 aromatic carbocycles. The van der Waals surface area contributed by atoms with Gasteiger partial charge in [0, 0.05) is 30.4 Å². The van der Waals surface area contributed by atoms with Gasteiger partial charge in [0.15, 0.2) is 5.11 Å². The number of pyridine rings is 1. The summed E-state index contributed by atoms with van der Waals surface area (Å²) in [5.41, 5.74) is 1.99. The lowest BCUT2D eigenvalue weighted by atomic mass is 10.3. The van der Waals surface area contributed by atoms with Crippen molar-refractivity contribution in [3.8, 4) is 0 Å². The minimum Gasteiger partial charge on any atom is -0.362 e. The average molecular weight is 342 g/mol. The van der Waals surface area contributed by atoms with Gasteiger partial charge >= 0.3 is 0 Å². The molecule has 0 radical (unpaired) electrons. The van der Waals surface area contributed by atoms with Gasteiger partial charge in [-0.2, -0.15) is 0 Å². The number of imidazole rings is 1. The van der Waals surface area contributed by atoms with Crippen molar-refractivity contribution in [1.82, 2.24) is 14.7 Å². The van der Waals surface area contributed by atoms with Crippen molar-refractivity contribution in [1.29, 1.82) is 0 Å². The van der Waals surface area contributed by atoms with Crippen LogP contribution in [0.2, 0.25) is 0 Å². The Morgan fingerprint density at radius 3 is 2.87 bits per heavy atom. The van der Waals surface area contributed by atoms with E-state index in [1.165, 1.54) is 5.03 Å². The second-order valence-corrected chi connectivity index (χ2v) is 6.49. The van der Waals surface area contributed by atoms with Crippen LogP contribution in [0.25, 0.3) is 5.65 Å². The monoisotopic (exact) mass is 342 g/mol.